The number of halogens is 1. The van der Waals surface area contributed by atoms with E-state index < -0.39 is 0 Å². The molecule has 0 N–H and O–H groups in total. The summed E-state index contributed by atoms with van der Waals surface area (Å²) in [6.07, 6.45) is 2.69. The number of carbonyl (C=O) groups excluding carboxylic acids is 1. The fourth-order valence-corrected chi connectivity index (χ4v) is 1.69. The first-order chi connectivity index (χ1) is 6.24. The Morgan fingerprint density at radius 3 is 2.85 bits per heavy atom. The van der Waals surface area contributed by atoms with E-state index in [0.717, 1.165) is 17.2 Å². The minimum absolute atomic E-state index is 0.535. The largest absolute Gasteiger partial charge is 0.351 e. The molecule has 0 amide bonds. The van der Waals surface area contributed by atoms with Gasteiger partial charge in [-0.1, -0.05) is 11.6 Å². The van der Waals surface area contributed by atoms with Gasteiger partial charge in [0.1, 0.15) is 0 Å². The Labute approximate surface area is 80.7 Å². The molecule has 1 aromatic heterocycles. The zero-order valence-corrected chi connectivity index (χ0v) is 7.88. The molecular weight excluding hydrogens is 186 g/mol. The number of aryl methyl sites for hydroxylation is 1. The quantitative estimate of drug-likeness (QED) is 0.639. The number of hydrogen-bond acceptors (Lipinski definition) is 1. The Bertz CT molecular complexity index is 473. The van der Waals surface area contributed by atoms with Gasteiger partial charge in [-0.15, -0.1) is 0 Å². The van der Waals surface area contributed by atoms with Gasteiger partial charge in [0, 0.05) is 29.7 Å². The molecule has 0 unspecified atom stereocenters. The zero-order valence-electron chi connectivity index (χ0n) is 7.12. The second-order valence-electron chi connectivity index (χ2n) is 2.95. The second-order valence-corrected chi connectivity index (χ2v) is 3.32. The molecule has 0 saturated carbocycles. The summed E-state index contributed by atoms with van der Waals surface area (Å²) in [5.41, 5.74) is 1.58. The first-order valence-electron chi connectivity index (χ1n) is 3.93. The maximum Gasteiger partial charge on any atom is 0.151 e. The van der Waals surface area contributed by atoms with Crippen LogP contribution in [0.1, 0.15) is 10.4 Å². The van der Waals surface area contributed by atoms with E-state index in [4.69, 9.17) is 11.6 Å². The lowest BCUT2D eigenvalue weighted by Gasteiger charge is -1.99. The summed E-state index contributed by atoms with van der Waals surface area (Å²) < 4.78 is 1.97. The summed E-state index contributed by atoms with van der Waals surface area (Å²) in [7, 11) is 1.94. The molecular formula is C10H8ClNO. The fourth-order valence-electron chi connectivity index (χ4n) is 1.42. The average Bonchev–Trinajstić information content (AvgIpc) is 2.50. The van der Waals surface area contributed by atoms with Gasteiger partial charge in [0.25, 0.3) is 0 Å². The Morgan fingerprint density at radius 2 is 2.15 bits per heavy atom. The number of aromatic nitrogens is 1. The summed E-state index contributed by atoms with van der Waals surface area (Å²) in [5, 5.41) is 1.46. The summed E-state index contributed by atoms with van der Waals surface area (Å²) in [6, 6.07) is 5.54. The molecule has 0 atom stereocenters. The number of fused-ring (bicyclic) bond motifs is 1. The molecule has 0 aliphatic carbocycles. The van der Waals surface area contributed by atoms with Crippen LogP contribution in [-0.2, 0) is 7.05 Å². The molecule has 0 spiro atoms. The first kappa shape index (κ1) is 8.32. The van der Waals surface area contributed by atoms with E-state index >= 15 is 0 Å². The van der Waals surface area contributed by atoms with Gasteiger partial charge in [0.2, 0.25) is 0 Å². The SMILES string of the molecule is Cn1ccc2c(Cl)c(C=O)ccc21. The van der Waals surface area contributed by atoms with E-state index in [1.165, 1.54) is 0 Å². The fraction of sp³-hybridized carbons (Fsp3) is 0.100. The van der Waals surface area contributed by atoms with Gasteiger partial charge in [-0.05, 0) is 18.2 Å². The van der Waals surface area contributed by atoms with Gasteiger partial charge in [-0.2, -0.15) is 0 Å². The van der Waals surface area contributed by atoms with E-state index in [1.807, 2.05) is 29.9 Å². The summed E-state index contributed by atoms with van der Waals surface area (Å²) >= 11 is 6.01. The summed E-state index contributed by atoms with van der Waals surface area (Å²) in [4.78, 5) is 10.6. The predicted molar refractivity (Wildman–Crippen MR) is 53.3 cm³/mol. The monoisotopic (exact) mass is 193 g/mol. The van der Waals surface area contributed by atoms with Crippen LogP contribution in [0.15, 0.2) is 24.4 Å². The lowest BCUT2D eigenvalue weighted by Crippen LogP contribution is -1.86. The van der Waals surface area contributed by atoms with Crippen molar-refractivity contribution in [1.29, 1.82) is 0 Å². The van der Waals surface area contributed by atoms with Crippen LogP contribution < -0.4 is 0 Å². The van der Waals surface area contributed by atoms with E-state index in [0.29, 0.717) is 10.6 Å². The van der Waals surface area contributed by atoms with E-state index in [2.05, 4.69) is 0 Å². The standard InChI is InChI=1S/C10H8ClNO/c1-12-5-4-8-9(12)3-2-7(6-13)10(8)11/h2-6H,1H3. The summed E-state index contributed by atoms with van der Waals surface area (Å²) in [6.45, 7) is 0. The molecule has 2 rings (SSSR count). The van der Waals surface area contributed by atoms with Crippen LogP contribution in [-0.4, -0.2) is 10.9 Å². The van der Waals surface area contributed by atoms with Crippen molar-refractivity contribution >= 4 is 28.8 Å². The third kappa shape index (κ3) is 1.14. The summed E-state index contributed by atoms with van der Waals surface area (Å²) in [5.74, 6) is 0. The van der Waals surface area contributed by atoms with Crippen LogP contribution >= 0.6 is 11.6 Å². The van der Waals surface area contributed by atoms with Gasteiger partial charge < -0.3 is 4.57 Å². The molecule has 66 valence electrons. The average molecular weight is 194 g/mol. The van der Waals surface area contributed by atoms with Crippen LogP contribution in [0.4, 0.5) is 0 Å². The van der Waals surface area contributed by atoms with Gasteiger partial charge in [0.05, 0.1) is 5.02 Å². The van der Waals surface area contributed by atoms with Crippen molar-refractivity contribution in [2.24, 2.45) is 7.05 Å². The van der Waals surface area contributed by atoms with Gasteiger partial charge >= 0.3 is 0 Å². The number of hydrogen-bond donors (Lipinski definition) is 0. The topological polar surface area (TPSA) is 22.0 Å². The van der Waals surface area contributed by atoms with Crippen molar-refractivity contribution in [2.45, 2.75) is 0 Å². The van der Waals surface area contributed by atoms with Gasteiger partial charge in [-0.25, -0.2) is 0 Å². The minimum Gasteiger partial charge on any atom is -0.351 e. The van der Waals surface area contributed by atoms with E-state index in [9.17, 15) is 4.79 Å². The number of aldehydes is 1. The van der Waals surface area contributed by atoms with Crippen molar-refractivity contribution < 1.29 is 4.79 Å². The Kier molecular flexibility index (Phi) is 1.85. The third-order valence-electron chi connectivity index (χ3n) is 2.16. The number of carbonyl (C=O) groups is 1. The van der Waals surface area contributed by atoms with Gasteiger partial charge in [0.15, 0.2) is 6.29 Å². The lowest BCUT2D eigenvalue weighted by molar-refractivity contribution is 0.112. The highest BCUT2D eigenvalue weighted by atomic mass is 35.5. The molecule has 2 aromatic rings. The van der Waals surface area contributed by atoms with Crippen LogP contribution in [0.5, 0.6) is 0 Å². The number of rotatable bonds is 1. The second kappa shape index (κ2) is 2.89. The van der Waals surface area contributed by atoms with Crippen molar-refractivity contribution in [2.75, 3.05) is 0 Å². The smallest absolute Gasteiger partial charge is 0.151 e. The first-order valence-corrected chi connectivity index (χ1v) is 4.30. The van der Waals surface area contributed by atoms with E-state index in [1.54, 1.807) is 6.07 Å². The Morgan fingerprint density at radius 1 is 1.38 bits per heavy atom. The van der Waals surface area contributed by atoms with Gasteiger partial charge in [-0.3, -0.25) is 4.79 Å². The normalized spacial score (nSPS) is 10.6. The molecule has 0 aliphatic heterocycles. The van der Waals surface area contributed by atoms with E-state index in [-0.39, 0.29) is 0 Å². The van der Waals surface area contributed by atoms with Crippen molar-refractivity contribution in [3.8, 4) is 0 Å². The number of benzene rings is 1. The highest BCUT2D eigenvalue weighted by Crippen LogP contribution is 2.26. The molecule has 0 bridgehead atoms. The number of nitrogens with zero attached hydrogens (tertiary/aromatic N) is 1. The van der Waals surface area contributed by atoms with Crippen LogP contribution in [0.3, 0.4) is 0 Å². The highest BCUT2D eigenvalue weighted by Gasteiger charge is 2.06. The molecule has 13 heavy (non-hydrogen) atoms. The van der Waals surface area contributed by atoms with Crippen LogP contribution in [0, 0.1) is 0 Å². The van der Waals surface area contributed by atoms with Crippen molar-refractivity contribution in [3.05, 3.63) is 35.0 Å². The molecule has 0 fully saturated rings. The molecule has 0 radical (unpaired) electrons. The molecule has 0 aliphatic rings. The molecule has 1 aromatic carbocycles. The highest BCUT2D eigenvalue weighted by molar-refractivity contribution is 6.37. The maximum absolute atomic E-state index is 10.6. The predicted octanol–water partition coefficient (Wildman–Crippen LogP) is 2.64. The Hall–Kier alpha value is -1.28. The zero-order chi connectivity index (χ0) is 9.42. The third-order valence-corrected chi connectivity index (χ3v) is 2.58. The molecule has 2 nitrogen and oxygen atoms in total. The van der Waals surface area contributed by atoms with Crippen LogP contribution in [0.2, 0.25) is 5.02 Å². The molecule has 0 saturated heterocycles. The maximum atomic E-state index is 10.6. The molecule has 1 heterocycles. The minimum atomic E-state index is 0.535. The Balaban J connectivity index is 2.87. The van der Waals surface area contributed by atoms with Crippen LogP contribution in [0.25, 0.3) is 10.9 Å². The van der Waals surface area contributed by atoms with Crippen molar-refractivity contribution in [1.82, 2.24) is 4.57 Å². The van der Waals surface area contributed by atoms with Crippen molar-refractivity contribution in [3.63, 3.8) is 0 Å². The molecule has 3 heteroatoms. The lowest BCUT2D eigenvalue weighted by atomic mass is 10.2.